The highest BCUT2D eigenvalue weighted by atomic mass is 19.1. The Morgan fingerprint density at radius 2 is 1.97 bits per heavy atom. The molecule has 0 aliphatic heterocycles. The molecule has 0 radical (unpaired) electrons. The standard InChI is InChI=1S/C19H26FN5O4/c1-19(2,28-3)17(27)25-15(5-4-10-23-18(22)24-12-21)16(26)11-29-14-8-6-13(20)7-9-14/h6-9,15H,4-5,10-11H2,1-3H3,(H,25,27)(H3,22,23,24)/t15-/m0/s1. The van der Waals surface area contributed by atoms with E-state index in [2.05, 4.69) is 16.0 Å². The number of nitriles is 1. The lowest BCUT2D eigenvalue weighted by Crippen LogP contribution is -2.51. The van der Waals surface area contributed by atoms with Crippen LogP contribution in [0.15, 0.2) is 24.3 Å². The molecule has 0 unspecified atom stereocenters. The summed E-state index contributed by atoms with van der Waals surface area (Å²) in [6.45, 7) is 3.17. The highest BCUT2D eigenvalue weighted by molar-refractivity contribution is 5.92. The van der Waals surface area contributed by atoms with Crippen LogP contribution in [0.5, 0.6) is 5.75 Å². The Morgan fingerprint density at radius 1 is 1.31 bits per heavy atom. The van der Waals surface area contributed by atoms with Crippen LogP contribution < -0.4 is 20.7 Å². The molecular formula is C19H26FN5O4. The number of methoxy groups -OCH3 is 1. The molecule has 1 aromatic rings. The van der Waals surface area contributed by atoms with Crippen molar-refractivity contribution in [1.82, 2.24) is 16.0 Å². The fourth-order valence-corrected chi connectivity index (χ4v) is 2.14. The van der Waals surface area contributed by atoms with E-state index in [1.807, 2.05) is 0 Å². The van der Waals surface area contributed by atoms with E-state index in [9.17, 15) is 14.0 Å². The molecule has 0 bridgehead atoms. The molecule has 29 heavy (non-hydrogen) atoms. The van der Waals surface area contributed by atoms with Crippen LogP contribution in [-0.2, 0) is 14.3 Å². The molecule has 1 aromatic carbocycles. The molecule has 0 spiro atoms. The molecule has 0 fully saturated rings. The number of benzene rings is 1. The molecule has 1 amide bonds. The number of carbonyl (C=O) groups excluding carboxylic acids is 2. The third-order valence-electron chi connectivity index (χ3n) is 4.10. The summed E-state index contributed by atoms with van der Waals surface area (Å²) in [6, 6.07) is 4.41. The Kier molecular flexibility index (Phi) is 9.55. The predicted molar refractivity (Wildman–Crippen MR) is 104 cm³/mol. The van der Waals surface area contributed by atoms with Gasteiger partial charge in [0.1, 0.15) is 23.8 Å². The lowest BCUT2D eigenvalue weighted by molar-refractivity contribution is -0.142. The van der Waals surface area contributed by atoms with E-state index < -0.39 is 23.4 Å². The fourth-order valence-electron chi connectivity index (χ4n) is 2.14. The Hall–Kier alpha value is -3.19. The molecule has 0 heterocycles. The van der Waals surface area contributed by atoms with Gasteiger partial charge in [-0.05, 0) is 51.0 Å². The summed E-state index contributed by atoms with van der Waals surface area (Å²) in [5, 5.41) is 23.3. The van der Waals surface area contributed by atoms with E-state index in [4.69, 9.17) is 20.1 Å². The Bertz CT molecular complexity index is 746. The number of nitrogens with zero attached hydrogens (tertiary/aromatic N) is 1. The lowest BCUT2D eigenvalue weighted by Gasteiger charge is -2.26. The minimum absolute atomic E-state index is 0.153. The zero-order valence-corrected chi connectivity index (χ0v) is 16.7. The lowest BCUT2D eigenvalue weighted by atomic mass is 10.0. The van der Waals surface area contributed by atoms with Crippen LogP contribution >= 0.6 is 0 Å². The van der Waals surface area contributed by atoms with Gasteiger partial charge in [0.25, 0.3) is 5.91 Å². The molecular weight excluding hydrogens is 381 g/mol. The summed E-state index contributed by atoms with van der Waals surface area (Å²) in [5.74, 6) is -1.05. The van der Waals surface area contributed by atoms with Crippen LogP contribution in [-0.4, -0.2) is 49.6 Å². The largest absolute Gasteiger partial charge is 0.486 e. The minimum atomic E-state index is -1.12. The Balaban J connectivity index is 2.68. The molecule has 0 aliphatic carbocycles. The summed E-state index contributed by atoms with van der Waals surface area (Å²) < 4.78 is 23.5. The Morgan fingerprint density at radius 3 is 2.55 bits per heavy atom. The van der Waals surface area contributed by atoms with Crippen molar-refractivity contribution in [2.45, 2.75) is 38.3 Å². The summed E-state index contributed by atoms with van der Waals surface area (Å²) in [7, 11) is 1.39. The van der Waals surface area contributed by atoms with E-state index >= 15 is 0 Å². The van der Waals surface area contributed by atoms with Crippen molar-refractivity contribution in [3.63, 3.8) is 0 Å². The number of hydrogen-bond acceptors (Lipinski definition) is 6. The number of nitrogens with one attached hydrogen (secondary N) is 4. The fraction of sp³-hybridized carbons (Fsp3) is 0.474. The van der Waals surface area contributed by atoms with Crippen molar-refractivity contribution < 1.29 is 23.5 Å². The number of halogens is 1. The topological polar surface area (TPSA) is 136 Å². The number of guanidine groups is 1. The summed E-state index contributed by atoms with van der Waals surface area (Å²) in [6.07, 6.45) is 2.34. The van der Waals surface area contributed by atoms with Gasteiger partial charge in [-0.15, -0.1) is 0 Å². The SMILES string of the molecule is COC(C)(C)C(=O)N[C@@H](CCCNC(=N)NC#N)C(=O)COc1ccc(F)cc1. The quantitative estimate of drug-likeness (QED) is 0.142. The van der Waals surface area contributed by atoms with Crippen LogP contribution in [0.25, 0.3) is 0 Å². The van der Waals surface area contributed by atoms with E-state index in [0.717, 1.165) is 0 Å². The number of amides is 1. The highest BCUT2D eigenvalue weighted by Gasteiger charge is 2.31. The first kappa shape index (κ1) is 23.8. The van der Waals surface area contributed by atoms with Crippen molar-refractivity contribution >= 4 is 17.6 Å². The number of ketones is 1. The third kappa shape index (κ3) is 8.57. The van der Waals surface area contributed by atoms with Crippen LogP contribution in [0, 0.1) is 22.7 Å². The van der Waals surface area contributed by atoms with Crippen molar-refractivity contribution in [3.8, 4) is 11.9 Å². The molecule has 158 valence electrons. The van der Waals surface area contributed by atoms with Gasteiger partial charge in [-0.3, -0.25) is 20.3 Å². The number of carbonyl (C=O) groups is 2. The molecule has 0 aliphatic rings. The maximum absolute atomic E-state index is 13.0. The minimum Gasteiger partial charge on any atom is -0.486 e. The summed E-state index contributed by atoms with van der Waals surface area (Å²) >= 11 is 0. The van der Waals surface area contributed by atoms with Gasteiger partial charge in [0.15, 0.2) is 12.0 Å². The molecule has 4 N–H and O–H groups in total. The van der Waals surface area contributed by atoms with E-state index in [1.54, 1.807) is 20.0 Å². The second kappa shape index (κ2) is 11.6. The first-order valence-electron chi connectivity index (χ1n) is 8.94. The van der Waals surface area contributed by atoms with E-state index in [0.29, 0.717) is 18.7 Å². The van der Waals surface area contributed by atoms with Gasteiger partial charge >= 0.3 is 0 Å². The molecule has 1 rings (SSSR count). The van der Waals surface area contributed by atoms with Crippen LogP contribution in [0.1, 0.15) is 26.7 Å². The van der Waals surface area contributed by atoms with Crippen molar-refractivity contribution in [3.05, 3.63) is 30.1 Å². The maximum Gasteiger partial charge on any atom is 0.252 e. The van der Waals surface area contributed by atoms with E-state index in [1.165, 1.54) is 31.4 Å². The van der Waals surface area contributed by atoms with E-state index in [-0.39, 0.29) is 24.8 Å². The average Bonchev–Trinajstić information content (AvgIpc) is 2.69. The number of Topliss-reactive ketones (excluding diaryl/α,β-unsaturated/α-hetero) is 1. The monoisotopic (exact) mass is 407 g/mol. The van der Waals surface area contributed by atoms with Crippen LogP contribution in [0.2, 0.25) is 0 Å². The second-order valence-electron chi connectivity index (χ2n) is 6.63. The first-order valence-corrected chi connectivity index (χ1v) is 8.94. The van der Waals surface area contributed by atoms with Crippen molar-refractivity contribution in [1.29, 1.82) is 10.7 Å². The first-order chi connectivity index (χ1) is 13.7. The van der Waals surface area contributed by atoms with Crippen LogP contribution in [0.3, 0.4) is 0 Å². The van der Waals surface area contributed by atoms with Gasteiger partial charge < -0.3 is 20.1 Å². The van der Waals surface area contributed by atoms with Gasteiger partial charge in [0, 0.05) is 13.7 Å². The molecule has 0 saturated heterocycles. The van der Waals surface area contributed by atoms with Crippen molar-refractivity contribution in [2.24, 2.45) is 0 Å². The summed E-state index contributed by atoms with van der Waals surface area (Å²) in [4.78, 5) is 25.0. The molecule has 1 atom stereocenters. The second-order valence-corrected chi connectivity index (χ2v) is 6.63. The maximum atomic E-state index is 13.0. The third-order valence-corrected chi connectivity index (χ3v) is 4.10. The molecule has 9 nitrogen and oxygen atoms in total. The average molecular weight is 407 g/mol. The zero-order valence-electron chi connectivity index (χ0n) is 16.7. The zero-order chi connectivity index (χ0) is 21.9. The summed E-state index contributed by atoms with van der Waals surface area (Å²) in [5.41, 5.74) is -1.12. The molecule has 0 saturated carbocycles. The number of rotatable bonds is 11. The number of ether oxygens (including phenoxy) is 2. The predicted octanol–water partition coefficient (Wildman–Crippen LogP) is 1.06. The molecule has 0 aromatic heterocycles. The van der Waals surface area contributed by atoms with Gasteiger partial charge in [-0.25, -0.2) is 4.39 Å². The molecule has 10 heteroatoms. The smallest absolute Gasteiger partial charge is 0.252 e. The van der Waals surface area contributed by atoms with Crippen molar-refractivity contribution in [2.75, 3.05) is 20.3 Å². The van der Waals surface area contributed by atoms with Crippen LogP contribution in [0.4, 0.5) is 4.39 Å². The highest BCUT2D eigenvalue weighted by Crippen LogP contribution is 2.13. The van der Waals surface area contributed by atoms with Gasteiger partial charge in [0.05, 0.1) is 6.04 Å². The number of hydrogen-bond donors (Lipinski definition) is 4. The normalized spacial score (nSPS) is 11.7. The van der Waals surface area contributed by atoms with Gasteiger partial charge in [-0.1, -0.05) is 0 Å². The Labute approximate surface area is 169 Å². The van der Waals surface area contributed by atoms with Gasteiger partial charge in [-0.2, -0.15) is 5.26 Å². The van der Waals surface area contributed by atoms with Gasteiger partial charge in [0.2, 0.25) is 5.96 Å².